The summed E-state index contributed by atoms with van der Waals surface area (Å²) in [5.74, 6) is 1.55. The van der Waals surface area contributed by atoms with Crippen molar-refractivity contribution in [3.63, 3.8) is 0 Å². The van der Waals surface area contributed by atoms with Crippen LogP contribution < -0.4 is 0 Å². The Hall–Kier alpha value is -0.0400. The second-order valence-electron chi connectivity index (χ2n) is 4.12. The minimum Gasteiger partial charge on any atom is -0.393 e. The maximum absolute atomic E-state index is 9.48. The monoisotopic (exact) mass is 156 g/mol. The van der Waals surface area contributed by atoms with Gasteiger partial charge in [-0.05, 0) is 31.1 Å². The fourth-order valence-electron chi connectivity index (χ4n) is 2.35. The first-order valence-electron chi connectivity index (χ1n) is 4.90. The molecule has 1 nitrogen and oxygen atoms in total. The lowest BCUT2D eigenvalue weighted by atomic mass is 9.79. The highest BCUT2D eigenvalue weighted by Crippen LogP contribution is 2.31. The van der Waals surface area contributed by atoms with E-state index >= 15 is 0 Å². The lowest BCUT2D eigenvalue weighted by Crippen LogP contribution is -2.24. The van der Waals surface area contributed by atoms with E-state index < -0.39 is 0 Å². The average molecular weight is 156 g/mol. The third-order valence-electron chi connectivity index (χ3n) is 2.71. The smallest absolute Gasteiger partial charge is 0.0545 e. The summed E-state index contributed by atoms with van der Waals surface area (Å²) in [4.78, 5) is 0. The van der Waals surface area contributed by atoms with Gasteiger partial charge >= 0.3 is 0 Å². The molecule has 0 aliphatic heterocycles. The first-order chi connectivity index (χ1) is 5.22. The molecule has 0 spiro atoms. The molecule has 11 heavy (non-hydrogen) atoms. The van der Waals surface area contributed by atoms with Crippen LogP contribution in [0, 0.1) is 11.8 Å². The van der Waals surface area contributed by atoms with Crippen molar-refractivity contribution in [1.82, 2.24) is 0 Å². The fraction of sp³-hybridized carbons (Fsp3) is 1.00. The van der Waals surface area contributed by atoms with E-state index in [1.807, 2.05) is 0 Å². The van der Waals surface area contributed by atoms with Crippen molar-refractivity contribution in [3.8, 4) is 0 Å². The molecule has 1 heteroatoms. The van der Waals surface area contributed by atoms with Gasteiger partial charge in [-0.3, -0.25) is 0 Å². The van der Waals surface area contributed by atoms with Crippen LogP contribution in [-0.4, -0.2) is 11.2 Å². The minimum absolute atomic E-state index is 0.00435. The van der Waals surface area contributed by atoms with Gasteiger partial charge in [0.05, 0.1) is 6.10 Å². The third-order valence-corrected chi connectivity index (χ3v) is 2.71. The molecule has 0 radical (unpaired) electrons. The number of hydrogen-bond acceptors (Lipinski definition) is 1. The third kappa shape index (κ3) is 2.82. The largest absolute Gasteiger partial charge is 0.393 e. The maximum Gasteiger partial charge on any atom is 0.0545 e. The molecule has 1 saturated carbocycles. The SMILES string of the molecule is CCCC1CC(C)CC(O)C1. The molecule has 0 aromatic rings. The number of aliphatic hydroxyl groups excluding tert-OH is 1. The highest BCUT2D eigenvalue weighted by Gasteiger charge is 2.23. The summed E-state index contributed by atoms with van der Waals surface area (Å²) in [5.41, 5.74) is 0. The lowest BCUT2D eigenvalue weighted by Gasteiger charge is -2.30. The number of rotatable bonds is 2. The highest BCUT2D eigenvalue weighted by molar-refractivity contribution is 4.75. The molecule has 1 fully saturated rings. The topological polar surface area (TPSA) is 20.2 Å². The molecule has 0 heterocycles. The standard InChI is InChI=1S/C10H20O/c1-3-4-9-5-8(2)6-10(11)7-9/h8-11H,3-7H2,1-2H3. The molecule has 1 rings (SSSR count). The Labute approximate surface area is 69.8 Å². The van der Waals surface area contributed by atoms with Crippen molar-refractivity contribution in [3.05, 3.63) is 0 Å². The first kappa shape index (κ1) is 9.05. The molecule has 0 aromatic heterocycles. The molecule has 1 aliphatic carbocycles. The summed E-state index contributed by atoms with van der Waals surface area (Å²) in [7, 11) is 0. The van der Waals surface area contributed by atoms with E-state index in [9.17, 15) is 5.11 Å². The van der Waals surface area contributed by atoms with Crippen LogP contribution in [0.1, 0.15) is 46.0 Å². The second-order valence-corrected chi connectivity index (χ2v) is 4.12. The van der Waals surface area contributed by atoms with Crippen LogP contribution in [0.15, 0.2) is 0 Å². The van der Waals surface area contributed by atoms with Crippen molar-refractivity contribution in [2.45, 2.75) is 52.1 Å². The van der Waals surface area contributed by atoms with Crippen LogP contribution in [0.3, 0.4) is 0 Å². The van der Waals surface area contributed by atoms with Gasteiger partial charge in [-0.25, -0.2) is 0 Å². The average Bonchev–Trinajstić information content (AvgIpc) is 1.85. The quantitative estimate of drug-likeness (QED) is 0.651. The molecule has 1 aliphatic rings. The first-order valence-corrected chi connectivity index (χ1v) is 4.90. The predicted molar refractivity (Wildman–Crippen MR) is 47.4 cm³/mol. The van der Waals surface area contributed by atoms with Crippen LogP contribution >= 0.6 is 0 Å². The summed E-state index contributed by atoms with van der Waals surface area (Å²) < 4.78 is 0. The van der Waals surface area contributed by atoms with Crippen molar-refractivity contribution < 1.29 is 5.11 Å². The summed E-state index contributed by atoms with van der Waals surface area (Å²) in [6, 6.07) is 0. The van der Waals surface area contributed by atoms with Gasteiger partial charge in [-0.1, -0.05) is 26.7 Å². The zero-order chi connectivity index (χ0) is 8.27. The van der Waals surface area contributed by atoms with Crippen LogP contribution in [0.2, 0.25) is 0 Å². The second kappa shape index (κ2) is 4.10. The normalized spacial score (nSPS) is 39.0. The van der Waals surface area contributed by atoms with Gasteiger partial charge in [-0.2, -0.15) is 0 Å². The van der Waals surface area contributed by atoms with E-state index in [-0.39, 0.29) is 6.10 Å². The minimum atomic E-state index is -0.00435. The summed E-state index contributed by atoms with van der Waals surface area (Å²) in [6.45, 7) is 4.48. The summed E-state index contributed by atoms with van der Waals surface area (Å²) >= 11 is 0. The lowest BCUT2D eigenvalue weighted by molar-refractivity contribution is 0.0721. The Morgan fingerprint density at radius 2 is 2.00 bits per heavy atom. The van der Waals surface area contributed by atoms with Gasteiger partial charge in [0, 0.05) is 0 Å². The van der Waals surface area contributed by atoms with Gasteiger partial charge in [0.25, 0.3) is 0 Å². The molecule has 1 N–H and O–H groups in total. The van der Waals surface area contributed by atoms with E-state index in [0.717, 1.165) is 24.7 Å². The van der Waals surface area contributed by atoms with E-state index in [4.69, 9.17) is 0 Å². The molecule has 3 atom stereocenters. The van der Waals surface area contributed by atoms with Crippen molar-refractivity contribution in [2.75, 3.05) is 0 Å². The van der Waals surface area contributed by atoms with E-state index in [0.29, 0.717) is 0 Å². The fourth-order valence-corrected chi connectivity index (χ4v) is 2.35. The van der Waals surface area contributed by atoms with Gasteiger partial charge in [0.1, 0.15) is 0 Å². The summed E-state index contributed by atoms with van der Waals surface area (Å²) in [6.07, 6.45) is 5.99. The Balaban J connectivity index is 2.30. The van der Waals surface area contributed by atoms with Crippen LogP contribution in [-0.2, 0) is 0 Å². The zero-order valence-electron chi connectivity index (χ0n) is 7.71. The molecule has 0 bridgehead atoms. The number of hydrogen-bond donors (Lipinski definition) is 1. The Bertz CT molecular complexity index is 101. The van der Waals surface area contributed by atoms with Crippen molar-refractivity contribution >= 4 is 0 Å². The van der Waals surface area contributed by atoms with E-state index in [1.165, 1.54) is 19.3 Å². The number of aliphatic hydroxyl groups is 1. The Morgan fingerprint density at radius 1 is 1.27 bits per heavy atom. The molecule has 0 aromatic carbocycles. The van der Waals surface area contributed by atoms with Crippen molar-refractivity contribution in [2.24, 2.45) is 11.8 Å². The molecular formula is C10H20O. The van der Waals surface area contributed by atoms with E-state index in [2.05, 4.69) is 13.8 Å². The predicted octanol–water partition coefficient (Wildman–Crippen LogP) is 2.58. The van der Waals surface area contributed by atoms with Crippen LogP contribution in [0.25, 0.3) is 0 Å². The van der Waals surface area contributed by atoms with Gasteiger partial charge in [-0.15, -0.1) is 0 Å². The summed E-state index contributed by atoms with van der Waals surface area (Å²) in [5, 5.41) is 9.48. The highest BCUT2D eigenvalue weighted by atomic mass is 16.3. The van der Waals surface area contributed by atoms with Gasteiger partial charge < -0.3 is 5.11 Å². The Morgan fingerprint density at radius 3 is 2.55 bits per heavy atom. The van der Waals surface area contributed by atoms with Gasteiger partial charge in [0.2, 0.25) is 0 Å². The van der Waals surface area contributed by atoms with E-state index in [1.54, 1.807) is 0 Å². The van der Waals surface area contributed by atoms with Gasteiger partial charge in [0.15, 0.2) is 0 Å². The van der Waals surface area contributed by atoms with Crippen LogP contribution in [0.4, 0.5) is 0 Å². The zero-order valence-corrected chi connectivity index (χ0v) is 7.71. The molecule has 66 valence electrons. The molecule has 3 unspecified atom stereocenters. The molecule has 0 amide bonds. The van der Waals surface area contributed by atoms with Crippen LogP contribution in [0.5, 0.6) is 0 Å². The molecule has 0 saturated heterocycles. The maximum atomic E-state index is 9.48. The van der Waals surface area contributed by atoms with Crippen molar-refractivity contribution in [1.29, 1.82) is 0 Å². The molecular weight excluding hydrogens is 136 g/mol. The Kier molecular flexibility index (Phi) is 3.38.